The highest BCUT2D eigenvalue weighted by Crippen LogP contribution is 2.23. The molecule has 2 rings (SSSR count). The molecule has 130 valence electrons. The Morgan fingerprint density at radius 3 is 2.52 bits per heavy atom. The zero-order valence-corrected chi connectivity index (χ0v) is 14.2. The lowest BCUT2D eigenvalue weighted by molar-refractivity contribution is -0.385. The van der Waals surface area contributed by atoms with Gasteiger partial charge in [-0.2, -0.15) is 0 Å². The van der Waals surface area contributed by atoms with Crippen molar-refractivity contribution in [3.8, 4) is 0 Å². The average Bonchev–Trinajstić information content (AvgIpc) is 2.57. The molecule has 0 aliphatic carbocycles. The van der Waals surface area contributed by atoms with Crippen LogP contribution in [0.4, 0.5) is 5.69 Å². The van der Waals surface area contributed by atoms with Crippen LogP contribution in [-0.4, -0.2) is 23.4 Å². The fourth-order valence-electron chi connectivity index (χ4n) is 1.94. The summed E-state index contributed by atoms with van der Waals surface area (Å²) in [7, 11) is 0. The van der Waals surface area contributed by atoms with Crippen molar-refractivity contribution < 1.29 is 19.2 Å². The Morgan fingerprint density at radius 1 is 1.12 bits per heavy atom. The Bertz CT molecular complexity index is 826. The molecule has 25 heavy (non-hydrogen) atoms. The number of ether oxygens (including phenoxy) is 1. The lowest BCUT2D eigenvalue weighted by atomic mass is 10.2. The van der Waals surface area contributed by atoms with Crippen molar-refractivity contribution in [2.45, 2.75) is 6.54 Å². The van der Waals surface area contributed by atoms with Gasteiger partial charge in [0.25, 0.3) is 11.6 Å². The van der Waals surface area contributed by atoms with Gasteiger partial charge >= 0.3 is 5.97 Å². The third-order valence-electron chi connectivity index (χ3n) is 3.09. The van der Waals surface area contributed by atoms with E-state index in [1.165, 1.54) is 6.07 Å². The minimum Gasteiger partial charge on any atom is -0.452 e. The van der Waals surface area contributed by atoms with Crippen LogP contribution in [0.1, 0.15) is 15.9 Å². The molecule has 0 radical (unpaired) electrons. The Labute approximate surface area is 152 Å². The molecule has 0 saturated carbocycles. The van der Waals surface area contributed by atoms with Crippen LogP contribution in [0.15, 0.2) is 42.5 Å². The third-order valence-corrected chi connectivity index (χ3v) is 3.56. The summed E-state index contributed by atoms with van der Waals surface area (Å²) in [6.07, 6.45) is 0. The number of nitrogens with zero attached hydrogens (tertiary/aromatic N) is 1. The topological polar surface area (TPSA) is 98.5 Å². The molecule has 0 fully saturated rings. The number of nitro groups is 1. The van der Waals surface area contributed by atoms with Crippen molar-refractivity contribution in [1.29, 1.82) is 0 Å². The first-order valence-corrected chi connectivity index (χ1v) is 7.74. The van der Waals surface area contributed by atoms with E-state index in [2.05, 4.69) is 5.32 Å². The van der Waals surface area contributed by atoms with E-state index >= 15 is 0 Å². The van der Waals surface area contributed by atoms with Gasteiger partial charge in [-0.15, -0.1) is 0 Å². The summed E-state index contributed by atoms with van der Waals surface area (Å²) < 4.78 is 4.81. The van der Waals surface area contributed by atoms with Gasteiger partial charge in [0.1, 0.15) is 5.56 Å². The molecule has 1 amide bonds. The number of hydrogen-bond acceptors (Lipinski definition) is 5. The van der Waals surface area contributed by atoms with Gasteiger partial charge < -0.3 is 10.1 Å². The van der Waals surface area contributed by atoms with Crippen molar-refractivity contribution >= 4 is 40.8 Å². The number of carbonyl (C=O) groups is 2. The molecule has 0 aliphatic rings. The third kappa shape index (κ3) is 5.44. The molecule has 0 aliphatic heterocycles. The predicted molar refractivity (Wildman–Crippen MR) is 91.7 cm³/mol. The van der Waals surface area contributed by atoms with Crippen LogP contribution in [0, 0.1) is 10.1 Å². The van der Waals surface area contributed by atoms with E-state index in [0.29, 0.717) is 5.02 Å². The summed E-state index contributed by atoms with van der Waals surface area (Å²) in [6.45, 7) is -0.378. The van der Waals surface area contributed by atoms with Crippen LogP contribution in [0.5, 0.6) is 0 Å². The van der Waals surface area contributed by atoms with Crippen LogP contribution < -0.4 is 5.32 Å². The second-order valence-electron chi connectivity index (χ2n) is 4.90. The molecule has 2 aromatic rings. The first kappa shape index (κ1) is 18.7. The lowest BCUT2D eigenvalue weighted by Crippen LogP contribution is -2.28. The average molecular weight is 383 g/mol. The number of halogens is 2. The molecule has 9 heteroatoms. The number of hydrogen-bond donors (Lipinski definition) is 1. The summed E-state index contributed by atoms with van der Waals surface area (Å²) in [5.41, 5.74) is 0.00605. The fourth-order valence-corrected chi connectivity index (χ4v) is 2.32. The van der Waals surface area contributed by atoms with Crippen molar-refractivity contribution in [1.82, 2.24) is 5.32 Å². The van der Waals surface area contributed by atoms with E-state index in [4.69, 9.17) is 27.9 Å². The normalized spacial score (nSPS) is 10.2. The first-order chi connectivity index (χ1) is 11.9. The van der Waals surface area contributed by atoms with Gasteiger partial charge in [0, 0.05) is 22.7 Å². The molecule has 1 N–H and O–H groups in total. The van der Waals surface area contributed by atoms with E-state index in [9.17, 15) is 19.7 Å². The Morgan fingerprint density at radius 2 is 1.84 bits per heavy atom. The number of carbonyl (C=O) groups excluding carboxylic acids is 2. The molecular formula is C16H12Cl2N2O5. The minimum absolute atomic E-state index is 0.142. The molecule has 2 aromatic carbocycles. The molecule has 0 unspecified atom stereocenters. The molecule has 0 spiro atoms. The van der Waals surface area contributed by atoms with Crippen molar-refractivity contribution in [2.24, 2.45) is 0 Å². The van der Waals surface area contributed by atoms with Crippen LogP contribution in [0.25, 0.3) is 0 Å². The maximum absolute atomic E-state index is 12.0. The summed E-state index contributed by atoms with van der Waals surface area (Å²) in [5, 5.41) is 14.1. The number of amides is 1. The van der Waals surface area contributed by atoms with E-state index < -0.39 is 29.1 Å². The molecule has 0 atom stereocenters. The molecule has 0 aromatic heterocycles. The molecule has 0 saturated heterocycles. The Kier molecular flexibility index (Phi) is 6.32. The lowest BCUT2D eigenvalue weighted by Gasteiger charge is -2.07. The summed E-state index contributed by atoms with van der Waals surface area (Å²) in [6, 6.07) is 10.4. The minimum atomic E-state index is -1.01. The SMILES string of the molecule is O=C(COC(=O)c1cc(Cl)ccc1[N+](=O)[O-])NCc1cccc(Cl)c1. The number of benzene rings is 2. The van der Waals surface area contributed by atoms with Gasteiger partial charge in [-0.25, -0.2) is 4.79 Å². The van der Waals surface area contributed by atoms with Gasteiger partial charge in [0.05, 0.1) is 4.92 Å². The van der Waals surface area contributed by atoms with Crippen molar-refractivity contribution in [2.75, 3.05) is 6.61 Å². The van der Waals surface area contributed by atoms with Crippen LogP contribution in [0.3, 0.4) is 0 Å². The number of rotatable bonds is 6. The van der Waals surface area contributed by atoms with E-state index in [0.717, 1.165) is 17.7 Å². The van der Waals surface area contributed by atoms with Gasteiger partial charge in [0.15, 0.2) is 6.61 Å². The van der Waals surface area contributed by atoms with Crippen LogP contribution in [0.2, 0.25) is 10.0 Å². The summed E-state index contributed by atoms with van der Waals surface area (Å²) in [4.78, 5) is 33.9. The highest BCUT2D eigenvalue weighted by molar-refractivity contribution is 6.31. The number of esters is 1. The van der Waals surface area contributed by atoms with Gasteiger partial charge in [0.2, 0.25) is 0 Å². The first-order valence-electron chi connectivity index (χ1n) is 6.99. The largest absolute Gasteiger partial charge is 0.452 e. The van der Waals surface area contributed by atoms with Crippen molar-refractivity contribution in [3.05, 3.63) is 73.8 Å². The quantitative estimate of drug-likeness (QED) is 0.469. The molecule has 7 nitrogen and oxygen atoms in total. The maximum Gasteiger partial charge on any atom is 0.345 e. The summed E-state index contributed by atoms with van der Waals surface area (Å²) in [5.74, 6) is -1.56. The van der Waals surface area contributed by atoms with Gasteiger partial charge in [-0.3, -0.25) is 14.9 Å². The second kappa shape index (κ2) is 8.46. The number of nitrogens with one attached hydrogen (secondary N) is 1. The molecule has 0 heterocycles. The van der Waals surface area contributed by atoms with E-state index in [1.807, 2.05) is 0 Å². The maximum atomic E-state index is 12.0. The molecule has 0 bridgehead atoms. The Balaban J connectivity index is 1.92. The van der Waals surface area contributed by atoms with Crippen molar-refractivity contribution in [3.63, 3.8) is 0 Å². The highest BCUT2D eigenvalue weighted by Gasteiger charge is 2.22. The number of nitro benzene ring substituents is 1. The van der Waals surface area contributed by atoms with E-state index in [-0.39, 0.29) is 17.1 Å². The molecular weight excluding hydrogens is 371 g/mol. The summed E-state index contributed by atoms with van der Waals surface area (Å²) >= 11 is 11.6. The standard InChI is InChI=1S/C16H12Cl2N2O5/c17-11-3-1-2-10(6-11)8-19-15(21)9-25-16(22)13-7-12(18)4-5-14(13)20(23)24/h1-7H,8-9H2,(H,19,21). The van der Waals surface area contributed by atoms with E-state index in [1.54, 1.807) is 24.3 Å². The Hall–Kier alpha value is -2.64. The smallest absolute Gasteiger partial charge is 0.345 e. The van der Waals surface area contributed by atoms with Crippen LogP contribution in [-0.2, 0) is 16.1 Å². The highest BCUT2D eigenvalue weighted by atomic mass is 35.5. The zero-order valence-electron chi connectivity index (χ0n) is 12.7. The predicted octanol–water partition coefficient (Wildman–Crippen LogP) is 3.37. The monoisotopic (exact) mass is 382 g/mol. The van der Waals surface area contributed by atoms with Crippen LogP contribution >= 0.6 is 23.2 Å². The second-order valence-corrected chi connectivity index (χ2v) is 5.77. The van der Waals surface area contributed by atoms with Gasteiger partial charge in [-0.1, -0.05) is 35.3 Å². The fraction of sp³-hybridized carbons (Fsp3) is 0.125. The van der Waals surface area contributed by atoms with Gasteiger partial charge in [-0.05, 0) is 29.8 Å². The zero-order chi connectivity index (χ0) is 18.4.